The van der Waals surface area contributed by atoms with Gasteiger partial charge in [0.2, 0.25) is 11.8 Å². The molecule has 0 spiro atoms. The van der Waals surface area contributed by atoms with E-state index in [0.29, 0.717) is 13.1 Å². The van der Waals surface area contributed by atoms with Gasteiger partial charge in [0.15, 0.2) is 0 Å². The molecule has 2 fully saturated rings. The van der Waals surface area contributed by atoms with Crippen molar-refractivity contribution in [3.63, 3.8) is 0 Å². The minimum atomic E-state index is -0.577. The number of nitrogens with one attached hydrogen (secondary N) is 1. The molecule has 3 amide bonds. The summed E-state index contributed by atoms with van der Waals surface area (Å²) in [6.45, 7) is 2.83. The maximum Gasteiger partial charge on any atom is 0.286 e. The van der Waals surface area contributed by atoms with Crippen LogP contribution in [0.15, 0.2) is 30.3 Å². The standard InChI is InChI=1S/C15H17N3O3S/c19-13(10-12-14(20)16-15(21)22-12)18-8-6-17(7-9-18)11-4-2-1-3-5-11/h1-5,12H,6-10H2,(H,16,20,21)/t12-/m1/s1. The van der Waals surface area contributed by atoms with Gasteiger partial charge in [-0.3, -0.25) is 19.7 Å². The van der Waals surface area contributed by atoms with Crippen molar-refractivity contribution in [1.29, 1.82) is 0 Å². The molecule has 2 heterocycles. The molecule has 2 aliphatic heterocycles. The van der Waals surface area contributed by atoms with Gasteiger partial charge in [0.1, 0.15) is 5.25 Å². The highest BCUT2D eigenvalue weighted by molar-refractivity contribution is 8.15. The topological polar surface area (TPSA) is 69.7 Å². The fourth-order valence-electron chi connectivity index (χ4n) is 2.67. The first-order valence-electron chi connectivity index (χ1n) is 7.23. The van der Waals surface area contributed by atoms with Gasteiger partial charge in [0.25, 0.3) is 5.24 Å². The van der Waals surface area contributed by atoms with Gasteiger partial charge < -0.3 is 9.80 Å². The number of anilines is 1. The summed E-state index contributed by atoms with van der Waals surface area (Å²) < 4.78 is 0. The zero-order chi connectivity index (χ0) is 15.5. The van der Waals surface area contributed by atoms with Gasteiger partial charge in [-0.2, -0.15) is 0 Å². The summed E-state index contributed by atoms with van der Waals surface area (Å²) in [5, 5.41) is 1.27. The summed E-state index contributed by atoms with van der Waals surface area (Å²) in [5.74, 6) is -0.415. The van der Waals surface area contributed by atoms with Crippen molar-refractivity contribution in [2.45, 2.75) is 11.7 Å². The number of nitrogens with zero attached hydrogens (tertiary/aromatic N) is 2. The zero-order valence-electron chi connectivity index (χ0n) is 12.0. The van der Waals surface area contributed by atoms with E-state index in [4.69, 9.17) is 0 Å². The van der Waals surface area contributed by atoms with Crippen molar-refractivity contribution < 1.29 is 14.4 Å². The van der Waals surface area contributed by atoms with Gasteiger partial charge in [-0.1, -0.05) is 30.0 Å². The van der Waals surface area contributed by atoms with Gasteiger partial charge in [-0.05, 0) is 12.1 Å². The van der Waals surface area contributed by atoms with E-state index >= 15 is 0 Å². The third-order valence-corrected chi connectivity index (χ3v) is 4.86. The molecule has 0 radical (unpaired) electrons. The number of carbonyl (C=O) groups excluding carboxylic acids is 3. The molecule has 0 unspecified atom stereocenters. The van der Waals surface area contributed by atoms with Crippen LogP contribution in [-0.2, 0) is 9.59 Å². The van der Waals surface area contributed by atoms with Crippen LogP contribution in [0.5, 0.6) is 0 Å². The summed E-state index contributed by atoms with van der Waals surface area (Å²) in [7, 11) is 0. The lowest BCUT2D eigenvalue weighted by Crippen LogP contribution is -2.49. The Hall–Kier alpha value is -2.02. The number of para-hydroxylation sites is 1. The SMILES string of the molecule is O=C1NC(=O)[C@@H](CC(=O)N2CCN(c3ccccc3)CC2)S1. The Labute approximate surface area is 132 Å². The van der Waals surface area contributed by atoms with Gasteiger partial charge in [0, 0.05) is 38.3 Å². The molecule has 116 valence electrons. The molecule has 3 rings (SSSR count). The minimum Gasteiger partial charge on any atom is -0.368 e. The normalized spacial score (nSPS) is 21.9. The molecular weight excluding hydrogens is 302 g/mol. The molecule has 0 aliphatic carbocycles. The number of thioether (sulfide) groups is 1. The second kappa shape index (κ2) is 6.39. The number of hydrogen-bond donors (Lipinski definition) is 1. The maximum absolute atomic E-state index is 12.3. The van der Waals surface area contributed by atoms with Crippen LogP contribution in [0.3, 0.4) is 0 Å². The molecule has 1 aromatic carbocycles. The number of imide groups is 1. The molecule has 6 nitrogen and oxygen atoms in total. The molecule has 2 saturated heterocycles. The van der Waals surface area contributed by atoms with Crippen molar-refractivity contribution in [1.82, 2.24) is 10.2 Å². The summed E-state index contributed by atoms with van der Waals surface area (Å²) in [5.41, 5.74) is 1.16. The molecule has 2 aliphatic rings. The molecule has 0 saturated carbocycles. The monoisotopic (exact) mass is 319 g/mol. The van der Waals surface area contributed by atoms with Gasteiger partial charge >= 0.3 is 0 Å². The zero-order valence-corrected chi connectivity index (χ0v) is 12.8. The first kappa shape index (κ1) is 14.9. The number of piperazine rings is 1. The van der Waals surface area contributed by atoms with E-state index in [9.17, 15) is 14.4 Å². The van der Waals surface area contributed by atoms with Crippen LogP contribution < -0.4 is 10.2 Å². The third kappa shape index (κ3) is 3.24. The Bertz CT molecular complexity index is 585. The largest absolute Gasteiger partial charge is 0.368 e. The molecular formula is C15H17N3O3S. The molecule has 1 N–H and O–H groups in total. The van der Waals surface area contributed by atoms with Crippen molar-refractivity contribution in [3.8, 4) is 0 Å². The van der Waals surface area contributed by atoms with Crippen LogP contribution in [0.4, 0.5) is 10.5 Å². The highest BCUT2D eigenvalue weighted by Gasteiger charge is 2.34. The van der Waals surface area contributed by atoms with Gasteiger partial charge in [-0.15, -0.1) is 0 Å². The summed E-state index contributed by atoms with van der Waals surface area (Å²) in [4.78, 5) is 38.9. The summed E-state index contributed by atoms with van der Waals surface area (Å²) >= 11 is 0.906. The van der Waals surface area contributed by atoms with Crippen molar-refractivity contribution in [2.75, 3.05) is 31.1 Å². The van der Waals surface area contributed by atoms with Gasteiger partial charge in [0.05, 0.1) is 0 Å². The van der Waals surface area contributed by atoms with Crippen molar-refractivity contribution in [2.24, 2.45) is 0 Å². The Morgan fingerprint density at radius 1 is 1.14 bits per heavy atom. The first-order valence-corrected chi connectivity index (χ1v) is 8.11. The van der Waals surface area contributed by atoms with Crippen LogP contribution in [0.1, 0.15) is 6.42 Å². The number of carbonyl (C=O) groups is 3. The molecule has 1 atom stereocenters. The Morgan fingerprint density at radius 3 is 2.41 bits per heavy atom. The first-order chi connectivity index (χ1) is 10.6. The average molecular weight is 319 g/mol. The molecule has 22 heavy (non-hydrogen) atoms. The van der Waals surface area contributed by atoms with E-state index in [2.05, 4.69) is 22.3 Å². The van der Waals surface area contributed by atoms with Crippen molar-refractivity contribution >= 4 is 34.5 Å². The second-order valence-electron chi connectivity index (χ2n) is 5.29. The summed E-state index contributed by atoms with van der Waals surface area (Å²) in [6, 6.07) is 10.1. The Kier molecular flexibility index (Phi) is 4.33. The fraction of sp³-hybridized carbons (Fsp3) is 0.400. The van der Waals surface area contributed by atoms with E-state index in [1.807, 2.05) is 18.2 Å². The quantitative estimate of drug-likeness (QED) is 0.903. The average Bonchev–Trinajstić information content (AvgIpc) is 2.86. The van der Waals surface area contributed by atoms with Crippen LogP contribution >= 0.6 is 11.8 Å². The highest BCUT2D eigenvalue weighted by atomic mass is 32.2. The predicted octanol–water partition coefficient (Wildman–Crippen LogP) is 1.08. The fourth-order valence-corrected chi connectivity index (χ4v) is 3.48. The molecule has 1 aromatic rings. The van der Waals surface area contributed by atoms with Crippen LogP contribution in [0.2, 0.25) is 0 Å². The van der Waals surface area contributed by atoms with Gasteiger partial charge in [-0.25, -0.2) is 0 Å². The van der Waals surface area contributed by atoms with E-state index in [1.54, 1.807) is 4.90 Å². The Morgan fingerprint density at radius 2 is 1.82 bits per heavy atom. The smallest absolute Gasteiger partial charge is 0.286 e. The lowest BCUT2D eigenvalue weighted by atomic mass is 10.2. The van der Waals surface area contributed by atoms with E-state index in [-0.39, 0.29) is 23.5 Å². The minimum absolute atomic E-state index is 0.0601. The molecule has 0 aromatic heterocycles. The lowest BCUT2D eigenvalue weighted by Gasteiger charge is -2.36. The van der Waals surface area contributed by atoms with E-state index < -0.39 is 5.25 Å². The second-order valence-corrected chi connectivity index (χ2v) is 6.47. The highest BCUT2D eigenvalue weighted by Crippen LogP contribution is 2.23. The number of benzene rings is 1. The molecule has 7 heteroatoms. The third-order valence-electron chi connectivity index (χ3n) is 3.88. The Balaban J connectivity index is 1.52. The number of hydrogen-bond acceptors (Lipinski definition) is 5. The maximum atomic E-state index is 12.3. The van der Waals surface area contributed by atoms with E-state index in [1.165, 1.54) is 0 Å². The van der Waals surface area contributed by atoms with Crippen LogP contribution in [0, 0.1) is 0 Å². The predicted molar refractivity (Wildman–Crippen MR) is 84.8 cm³/mol. The number of amides is 3. The number of rotatable bonds is 3. The summed E-state index contributed by atoms with van der Waals surface area (Å²) in [6.07, 6.45) is 0.0909. The van der Waals surface area contributed by atoms with E-state index in [0.717, 1.165) is 30.5 Å². The lowest BCUT2D eigenvalue weighted by molar-refractivity contribution is -0.133. The van der Waals surface area contributed by atoms with Crippen LogP contribution in [0.25, 0.3) is 0 Å². The van der Waals surface area contributed by atoms with Crippen molar-refractivity contribution in [3.05, 3.63) is 30.3 Å². The van der Waals surface area contributed by atoms with Crippen LogP contribution in [-0.4, -0.2) is 53.4 Å². The molecule has 0 bridgehead atoms.